The van der Waals surface area contributed by atoms with E-state index in [-0.39, 0.29) is 0 Å². The minimum absolute atomic E-state index is 0.952. The molecule has 0 amide bonds. The number of unbranched alkanes of at least 4 members (excludes halogenated alkanes) is 24. The van der Waals surface area contributed by atoms with Crippen LogP contribution in [0.15, 0.2) is 22.9 Å². The molecular formula is C48H86GeS2. The van der Waals surface area contributed by atoms with E-state index in [1.165, 1.54) is 205 Å². The first-order chi connectivity index (χ1) is 25.2. The van der Waals surface area contributed by atoms with Crippen molar-refractivity contribution in [1.82, 2.24) is 0 Å². The molecule has 3 heteroatoms. The molecule has 2 aromatic heterocycles. The number of rotatable bonds is 36. The van der Waals surface area contributed by atoms with E-state index >= 15 is 0 Å². The summed E-state index contributed by atoms with van der Waals surface area (Å²) in [5.41, 5.74) is 0. The monoisotopic (exact) mass is 801 g/mol. The van der Waals surface area contributed by atoms with Gasteiger partial charge in [0.2, 0.25) is 0 Å². The maximum atomic E-state index is 2.68. The van der Waals surface area contributed by atoms with E-state index in [0.29, 0.717) is 0 Å². The summed E-state index contributed by atoms with van der Waals surface area (Å²) < 4.78 is 3.88. The molecule has 3 rings (SSSR count). The third-order valence-electron chi connectivity index (χ3n) is 12.7. The number of thiophene rings is 2. The molecule has 51 heavy (non-hydrogen) atoms. The van der Waals surface area contributed by atoms with E-state index in [9.17, 15) is 0 Å². The molecule has 0 bridgehead atoms. The van der Waals surface area contributed by atoms with Gasteiger partial charge in [-0.3, -0.25) is 0 Å². The van der Waals surface area contributed by atoms with Gasteiger partial charge in [-0.2, -0.15) is 0 Å². The molecule has 0 spiro atoms. The summed E-state index contributed by atoms with van der Waals surface area (Å²) in [4.78, 5) is 3.46. The Hall–Kier alpha value is -0.0571. The molecule has 0 saturated carbocycles. The van der Waals surface area contributed by atoms with E-state index in [1.54, 1.807) is 20.3 Å². The molecule has 2 unspecified atom stereocenters. The first kappa shape index (κ1) is 45.3. The van der Waals surface area contributed by atoms with Crippen LogP contribution in [-0.2, 0) is 0 Å². The Bertz CT molecular complexity index is 983. The van der Waals surface area contributed by atoms with Crippen LogP contribution in [0.1, 0.15) is 233 Å². The van der Waals surface area contributed by atoms with E-state index in [0.717, 1.165) is 11.8 Å². The zero-order valence-electron chi connectivity index (χ0n) is 34.8. The average molecular weight is 800 g/mol. The van der Waals surface area contributed by atoms with Crippen LogP contribution in [0.5, 0.6) is 0 Å². The van der Waals surface area contributed by atoms with E-state index in [2.05, 4.69) is 73.3 Å². The molecule has 2 aromatic rings. The van der Waals surface area contributed by atoms with Gasteiger partial charge in [0.1, 0.15) is 0 Å². The van der Waals surface area contributed by atoms with Gasteiger partial charge in [0.15, 0.2) is 0 Å². The van der Waals surface area contributed by atoms with Crippen molar-refractivity contribution in [1.29, 1.82) is 0 Å². The molecule has 2 atom stereocenters. The van der Waals surface area contributed by atoms with Crippen LogP contribution in [-0.4, -0.2) is 13.3 Å². The molecule has 1 aliphatic heterocycles. The van der Waals surface area contributed by atoms with Crippen LogP contribution in [0.4, 0.5) is 0 Å². The summed E-state index contributed by atoms with van der Waals surface area (Å²) in [5, 5.41) is 8.19. The first-order valence-electron chi connectivity index (χ1n) is 23.4. The minimum atomic E-state index is -2.54. The summed E-state index contributed by atoms with van der Waals surface area (Å²) in [6.45, 7) is 9.41. The SMILES string of the molecule is CCCCCCCCCCC(CCCCCCCC)[CH2][Ge]1([CH2]C(CCCCCCCC)CCCCCCCCCC)[c]2ccsc2-c2scc[c]21. The molecule has 0 aromatic carbocycles. The Labute approximate surface area is 330 Å². The fraction of sp³-hybridized carbons (Fsp3) is 0.833. The quantitative estimate of drug-likeness (QED) is 0.0476. The Kier molecular flexibility index (Phi) is 26.0. The van der Waals surface area contributed by atoms with Crippen molar-refractivity contribution < 1.29 is 0 Å². The zero-order valence-corrected chi connectivity index (χ0v) is 38.6. The third-order valence-corrected chi connectivity index (χ3v) is 26.9. The van der Waals surface area contributed by atoms with Gasteiger partial charge in [0.25, 0.3) is 0 Å². The topological polar surface area (TPSA) is 0 Å². The normalized spacial score (nSPS) is 14.6. The van der Waals surface area contributed by atoms with E-state index in [4.69, 9.17) is 0 Å². The molecule has 0 fully saturated rings. The fourth-order valence-corrected chi connectivity index (χ4v) is 27.8. The van der Waals surface area contributed by atoms with Gasteiger partial charge in [-0.25, -0.2) is 0 Å². The Morgan fingerprint density at radius 1 is 0.373 bits per heavy atom. The second-order valence-corrected chi connectivity index (χ2v) is 27.5. The van der Waals surface area contributed by atoms with E-state index in [1.807, 2.05) is 8.79 Å². The van der Waals surface area contributed by atoms with Gasteiger partial charge in [-0.15, -0.1) is 0 Å². The second kappa shape index (κ2) is 29.3. The van der Waals surface area contributed by atoms with Gasteiger partial charge in [-0.1, -0.05) is 0 Å². The van der Waals surface area contributed by atoms with Crippen molar-refractivity contribution in [2.45, 2.75) is 244 Å². The van der Waals surface area contributed by atoms with Gasteiger partial charge in [0, 0.05) is 0 Å². The van der Waals surface area contributed by atoms with Gasteiger partial charge in [-0.05, 0) is 0 Å². The number of hydrogen-bond donors (Lipinski definition) is 0. The summed E-state index contributed by atoms with van der Waals surface area (Å²) in [6, 6.07) is 5.37. The second-order valence-electron chi connectivity index (χ2n) is 17.2. The summed E-state index contributed by atoms with van der Waals surface area (Å²) in [7, 11) is 0. The molecule has 0 N–H and O–H groups in total. The van der Waals surface area contributed by atoms with Crippen LogP contribution in [0, 0.1) is 11.8 Å². The van der Waals surface area contributed by atoms with Crippen molar-refractivity contribution in [2.75, 3.05) is 0 Å². The maximum absolute atomic E-state index is 2.68. The Morgan fingerprint density at radius 3 is 0.902 bits per heavy atom. The van der Waals surface area contributed by atoms with Crippen LogP contribution in [0.2, 0.25) is 10.5 Å². The molecular weight excluding hydrogens is 713 g/mol. The molecule has 3 heterocycles. The molecule has 0 saturated heterocycles. The Balaban J connectivity index is 1.75. The van der Waals surface area contributed by atoms with Crippen molar-refractivity contribution in [3.8, 4) is 9.75 Å². The van der Waals surface area contributed by atoms with Crippen molar-refractivity contribution in [3.05, 3.63) is 22.9 Å². The van der Waals surface area contributed by atoms with Crippen molar-refractivity contribution >= 4 is 44.7 Å². The van der Waals surface area contributed by atoms with E-state index < -0.39 is 13.3 Å². The predicted molar refractivity (Wildman–Crippen MR) is 240 cm³/mol. The van der Waals surface area contributed by atoms with Crippen LogP contribution >= 0.6 is 22.7 Å². The van der Waals surface area contributed by atoms with Crippen LogP contribution in [0.3, 0.4) is 0 Å². The molecule has 0 aliphatic carbocycles. The molecule has 0 radical (unpaired) electrons. The molecule has 0 nitrogen and oxygen atoms in total. The summed E-state index contributed by atoms with van der Waals surface area (Å²) in [5.74, 6) is 1.90. The number of hydrogen-bond acceptors (Lipinski definition) is 2. The van der Waals surface area contributed by atoms with Gasteiger partial charge in [0.05, 0.1) is 0 Å². The van der Waals surface area contributed by atoms with Crippen molar-refractivity contribution in [2.24, 2.45) is 11.8 Å². The average Bonchev–Trinajstić information content (AvgIpc) is 3.87. The van der Waals surface area contributed by atoms with Crippen molar-refractivity contribution in [3.63, 3.8) is 0 Å². The first-order valence-corrected chi connectivity index (χ1v) is 30.2. The predicted octanol–water partition coefficient (Wildman–Crippen LogP) is 17.1. The standard InChI is InChI=1S/C48H86GeS2/c1-5-9-13-17-21-23-27-31-35-43(33-29-25-19-15-11-7-3)41-49(45-37-39-50-47(45)48-46(49)38-40-51-48)42-44(34-30-26-20-16-12-8-4)36-32-28-24-22-18-14-10-6-2/h37-40,43-44H,5-36,41-42H2,1-4H3. The summed E-state index contributed by atoms with van der Waals surface area (Å²) >= 11 is 1.65. The van der Waals surface area contributed by atoms with Crippen LogP contribution in [0.25, 0.3) is 9.75 Å². The molecule has 1 aliphatic rings. The van der Waals surface area contributed by atoms with Crippen LogP contribution < -0.4 is 8.79 Å². The zero-order chi connectivity index (χ0) is 36.2. The van der Waals surface area contributed by atoms with Gasteiger partial charge < -0.3 is 0 Å². The van der Waals surface area contributed by atoms with Gasteiger partial charge >= 0.3 is 333 Å². The third kappa shape index (κ3) is 17.1. The Morgan fingerprint density at radius 2 is 0.627 bits per heavy atom. The summed E-state index contributed by atoms with van der Waals surface area (Å²) in [6.07, 6.45) is 46.6. The number of fused-ring (bicyclic) bond motifs is 3. The fourth-order valence-electron chi connectivity index (χ4n) is 9.64. The molecule has 294 valence electrons.